The third-order valence-corrected chi connectivity index (χ3v) is 3.78. The molecule has 0 bridgehead atoms. The van der Waals surface area contributed by atoms with E-state index in [0.29, 0.717) is 26.2 Å². The molecule has 0 aromatic heterocycles. The Morgan fingerprint density at radius 1 is 1.26 bits per heavy atom. The molecule has 0 N–H and O–H groups in total. The van der Waals surface area contributed by atoms with Gasteiger partial charge < -0.3 is 18.9 Å². The van der Waals surface area contributed by atoms with Crippen molar-refractivity contribution in [2.24, 2.45) is 0 Å². The van der Waals surface area contributed by atoms with E-state index in [-0.39, 0.29) is 17.9 Å². The van der Waals surface area contributed by atoms with Gasteiger partial charge >= 0.3 is 5.97 Å². The Balaban J connectivity index is 1.79. The maximum atomic E-state index is 11.7. The van der Waals surface area contributed by atoms with E-state index in [9.17, 15) is 4.79 Å². The summed E-state index contributed by atoms with van der Waals surface area (Å²) in [6, 6.07) is 0. The van der Waals surface area contributed by atoms with Crippen LogP contribution in [0.2, 0.25) is 0 Å². The first-order chi connectivity index (χ1) is 9.19. The van der Waals surface area contributed by atoms with Crippen molar-refractivity contribution in [2.75, 3.05) is 19.8 Å². The molecule has 2 fully saturated rings. The molecule has 19 heavy (non-hydrogen) atoms. The Labute approximate surface area is 114 Å². The maximum Gasteiger partial charge on any atom is 0.335 e. The Bertz CT molecular complexity index is 288. The highest BCUT2D eigenvalue weighted by molar-refractivity contribution is 5.74. The Kier molecular flexibility index (Phi) is 5.19. The van der Waals surface area contributed by atoms with E-state index in [4.69, 9.17) is 18.9 Å². The second kappa shape index (κ2) is 6.68. The molecule has 0 aromatic carbocycles. The van der Waals surface area contributed by atoms with Crippen LogP contribution in [0.1, 0.15) is 46.0 Å². The zero-order valence-electron chi connectivity index (χ0n) is 11.9. The summed E-state index contributed by atoms with van der Waals surface area (Å²) in [5, 5.41) is 0. The number of hydrogen-bond acceptors (Lipinski definition) is 5. The van der Waals surface area contributed by atoms with Gasteiger partial charge in [-0.15, -0.1) is 0 Å². The van der Waals surface area contributed by atoms with Crippen molar-refractivity contribution in [2.45, 2.75) is 63.9 Å². The second-order valence-corrected chi connectivity index (χ2v) is 5.09. The van der Waals surface area contributed by atoms with Crippen LogP contribution >= 0.6 is 0 Å². The topological polar surface area (TPSA) is 54.0 Å². The number of rotatable bonds is 5. The summed E-state index contributed by atoms with van der Waals surface area (Å²) in [5.41, 5.74) is 0. The van der Waals surface area contributed by atoms with Gasteiger partial charge in [0.25, 0.3) is 0 Å². The van der Waals surface area contributed by atoms with Gasteiger partial charge in [-0.1, -0.05) is 6.92 Å². The van der Waals surface area contributed by atoms with E-state index in [1.165, 1.54) is 0 Å². The van der Waals surface area contributed by atoms with Gasteiger partial charge in [0.1, 0.15) is 0 Å². The summed E-state index contributed by atoms with van der Waals surface area (Å²) in [6.45, 7) is 5.52. The first kappa shape index (κ1) is 14.8. The maximum absolute atomic E-state index is 11.7. The molecular weight excluding hydrogens is 248 g/mol. The molecule has 0 aromatic rings. The van der Waals surface area contributed by atoms with Crippen LogP contribution < -0.4 is 0 Å². The van der Waals surface area contributed by atoms with Gasteiger partial charge in [-0.2, -0.15) is 0 Å². The first-order valence-corrected chi connectivity index (χ1v) is 7.29. The van der Waals surface area contributed by atoms with Gasteiger partial charge in [0, 0.05) is 12.8 Å². The van der Waals surface area contributed by atoms with Gasteiger partial charge in [0.15, 0.2) is 11.9 Å². The third-order valence-electron chi connectivity index (χ3n) is 3.78. The summed E-state index contributed by atoms with van der Waals surface area (Å²) < 4.78 is 22.2. The monoisotopic (exact) mass is 272 g/mol. The van der Waals surface area contributed by atoms with Crippen LogP contribution in [-0.4, -0.2) is 43.8 Å². The van der Waals surface area contributed by atoms with E-state index in [2.05, 4.69) is 0 Å². The van der Waals surface area contributed by atoms with Crippen molar-refractivity contribution in [3.8, 4) is 0 Å². The van der Waals surface area contributed by atoms with Gasteiger partial charge in [-0.05, 0) is 26.2 Å². The van der Waals surface area contributed by atoms with E-state index in [0.717, 1.165) is 25.7 Å². The van der Waals surface area contributed by atoms with Gasteiger partial charge in [0.05, 0.1) is 25.9 Å². The normalized spacial score (nSPS) is 24.5. The highest BCUT2D eigenvalue weighted by Gasteiger charge is 2.41. The molecule has 1 atom stereocenters. The molecule has 1 aliphatic heterocycles. The Morgan fingerprint density at radius 3 is 2.42 bits per heavy atom. The molecule has 1 saturated carbocycles. The lowest BCUT2D eigenvalue weighted by Gasteiger charge is -2.36. The van der Waals surface area contributed by atoms with Crippen LogP contribution in [0.15, 0.2) is 0 Å². The van der Waals surface area contributed by atoms with Crippen molar-refractivity contribution in [3.05, 3.63) is 0 Å². The number of carbonyl (C=O) groups is 1. The van der Waals surface area contributed by atoms with Crippen molar-refractivity contribution in [1.82, 2.24) is 0 Å². The van der Waals surface area contributed by atoms with Crippen LogP contribution in [0.3, 0.4) is 0 Å². The van der Waals surface area contributed by atoms with E-state index in [1.54, 1.807) is 0 Å². The van der Waals surface area contributed by atoms with Gasteiger partial charge in [0.2, 0.25) is 0 Å². The average molecular weight is 272 g/mol. The molecule has 1 heterocycles. The highest BCUT2D eigenvalue weighted by Crippen LogP contribution is 2.37. The van der Waals surface area contributed by atoms with Crippen LogP contribution in [0.25, 0.3) is 0 Å². The summed E-state index contributed by atoms with van der Waals surface area (Å²) in [7, 11) is 0. The molecule has 1 aliphatic carbocycles. The molecule has 1 spiro atoms. The molecule has 5 heteroatoms. The number of hydrogen-bond donors (Lipinski definition) is 0. The quantitative estimate of drug-likeness (QED) is 0.717. The van der Waals surface area contributed by atoms with Gasteiger partial charge in [-0.3, -0.25) is 0 Å². The highest BCUT2D eigenvalue weighted by atomic mass is 16.7. The lowest BCUT2D eigenvalue weighted by atomic mass is 9.91. The van der Waals surface area contributed by atoms with Crippen molar-refractivity contribution in [3.63, 3.8) is 0 Å². The predicted molar refractivity (Wildman–Crippen MR) is 68.7 cm³/mol. The molecule has 0 amide bonds. The number of esters is 1. The molecule has 2 rings (SSSR count). The summed E-state index contributed by atoms with van der Waals surface area (Å²) in [6.07, 6.45) is 3.74. The lowest BCUT2D eigenvalue weighted by Crippen LogP contribution is -2.40. The molecule has 110 valence electrons. The Hall–Kier alpha value is -0.650. The van der Waals surface area contributed by atoms with Crippen LogP contribution in [0, 0.1) is 0 Å². The van der Waals surface area contributed by atoms with E-state index < -0.39 is 6.10 Å². The largest absolute Gasteiger partial charge is 0.464 e. The molecular formula is C14H24O5. The molecule has 2 aliphatic rings. The smallest absolute Gasteiger partial charge is 0.335 e. The van der Waals surface area contributed by atoms with Crippen molar-refractivity contribution < 1.29 is 23.7 Å². The molecule has 1 saturated heterocycles. The first-order valence-electron chi connectivity index (χ1n) is 7.29. The second-order valence-electron chi connectivity index (χ2n) is 5.09. The number of carbonyl (C=O) groups excluding carboxylic acids is 1. The standard InChI is InChI=1S/C14H24O5/c1-3-12(13(15)16-4-2)19-11-5-7-14(8-6-11)17-9-10-18-14/h11-12H,3-10H2,1-2H3. The Morgan fingerprint density at radius 2 is 1.89 bits per heavy atom. The summed E-state index contributed by atoms with van der Waals surface area (Å²) >= 11 is 0. The predicted octanol–water partition coefficient (Wildman–Crippen LogP) is 2.03. The third kappa shape index (κ3) is 3.68. The summed E-state index contributed by atoms with van der Waals surface area (Å²) in [5.74, 6) is -0.621. The SMILES string of the molecule is CCOC(=O)C(CC)OC1CCC2(CC1)OCCO2. The average Bonchev–Trinajstić information content (AvgIpc) is 2.87. The molecule has 5 nitrogen and oxygen atoms in total. The lowest BCUT2D eigenvalue weighted by molar-refractivity contribution is -0.199. The molecule has 1 unspecified atom stereocenters. The van der Waals surface area contributed by atoms with Crippen molar-refractivity contribution in [1.29, 1.82) is 0 Å². The van der Waals surface area contributed by atoms with Crippen LogP contribution in [-0.2, 0) is 23.7 Å². The number of ether oxygens (including phenoxy) is 4. The van der Waals surface area contributed by atoms with E-state index in [1.807, 2.05) is 13.8 Å². The fraction of sp³-hybridized carbons (Fsp3) is 0.929. The fourth-order valence-corrected chi connectivity index (χ4v) is 2.74. The molecule has 0 radical (unpaired) electrons. The zero-order chi connectivity index (χ0) is 13.7. The van der Waals surface area contributed by atoms with Gasteiger partial charge in [-0.25, -0.2) is 4.79 Å². The van der Waals surface area contributed by atoms with Crippen LogP contribution in [0.5, 0.6) is 0 Å². The van der Waals surface area contributed by atoms with E-state index >= 15 is 0 Å². The summed E-state index contributed by atoms with van der Waals surface area (Å²) in [4.78, 5) is 11.7. The van der Waals surface area contributed by atoms with Crippen LogP contribution in [0.4, 0.5) is 0 Å². The fourth-order valence-electron chi connectivity index (χ4n) is 2.74. The van der Waals surface area contributed by atoms with Crippen molar-refractivity contribution >= 4 is 5.97 Å². The minimum atomic E-state index is -0.440. The minimum Gasteiger partial charge on any atom is -0.464 e. The zero-order valence-corrected chi connectivity index (χ0v) is 11.9. The minimum absolute atomic E-state index is 0.104.